The zero-order valence-electron chi connectivity index (χ0n) is 14.4. The van der Waals surface area contributed by atoms with Crippen molar-refractivity contribution in [2.75, 3.05) is 4.90 Å². The fourth-order valence-electron chi connectivity index (χ4n) is 3.67. The number of rotatable bonds is 1. The van der Waals surface area contributed by atoms with Crippen LogP contribution in [0.25, 0.3) is 21.9 Å². The number of furan rings is 1. The lowest BCUT2D eigenvalue weighted by molar-refractivity contribution is 0.382. The van der Waals surface area contributed by atoms with Crippen molar-refractivity contribution < 1.29 is 4.42 Å². The van der Waals surface area contributed by atoms with Gasteiger partial charge in [0.1, 0.15) is 11.2 Å². The molecule has 3 aromatic rings. The second-order valence-electron chi connectivity index (χ2n) is 7.93. The van der Waals surface area contributed by atoms with E-state index in [1.807, 2.05) is 12.1 Å². The first kappa shape index (κ1) is 15.0. The number of hydrogen-bond acceptors (Lipinski definition) is 2. The first-order valence-corrected chi connectivity index (χ1v) is 7.90. The third-order valence-electron chi connectivity index (χ3n) is 3.96. The van der Waals surface area contributed by atoms with Crippen molar-refractivity contribution in [1.29, 1.82) is 0 Å². The summed E-state index contributed by atoms with van der Waals surface area (Å²) in [4.78, 5) is 2.49. The number of fused-ring (bicyclic) bond motifs is 3. The monoisotopic (exact) mass is 295 g/mol. The third kappa shape index (κ3) is 2.37. The third-order valence-corrected chi connectivity index (χ3v) is 3.96. The van der Waals surface area contributed by atoms with Crippen molar-refractivity contribution in [3.05, 3.63) is 42.5 Å². The molecule has 0 unspecified atom stereocenters. The van der Waals surface area contributed by atoms with Gasteiger partial charge in [-0.25, -0.2) is 0 Å². The van der Waals surface area contributed by atoms with E-state index in [0.29, 0.717) is 0 Å². The summed E-state index contributed by atoms with van der Waals surface area (Å²) in [6, 6.07) is 14.6. The largest absolute Gasteiger partial charge is 0.456 e. The summed E-state index contributed by atoms with van der Waals surface area (Å²) in [5.74, 6) is 0. The molecule has 0 spiro atoms. The van der Waals surface area contributed by atoms with E-state index in [4.69, 9.17) is 4.42 Å². The van der Waals surface area contributed by atoms with Crippen molar-refractivity contribution in [2.45, 2.75) is 52.6 Å². The first-order valence-electron chi connectivity index (χ1n) is 7.90. The first-order chi connectivity index (χ1) is 10.2. The molecular weight excluding hydrogens is 270 g/mol. The number of para-hydroxylation sites is 1. The second kappa shape index (κ2) is 4.77. The highest BCUT2D eigenvalue weighted by Gasteiger charge is 2.33. The highest BCUT2D eigenvalue weighted by molar-refractivity contribution is 6.11. The lowest BCUT2D eigenvalue weighted by Gasteiger charge is -2.47. The molecule has 0 radical (unpaired) electrons. The van der Waals surface area contributed by atoms with Crippen LogP contribution in [0, 0.1) is 0 Å². The van der Waals surface area contributed by atoms with Gasteiger partial charge in [0.05, 0.1) is 5.39 Å². The quantitative estimate of drug-likeness (QED) is 0.548. The van der Waals surface area contributed by atoms with Crippen LogP contribution in [-0.4, -0.2) is 11.1 Å². The molecule has 1 heterocycles. The Morgan fingerprint density at radius 3 is 1.95 bits per heavy atom. The molecule has 22 heavy (non-hydrogen) atoms. The molecule has 3 rings (SSSR count). The maximum atomic E-state index is 6.04. The fraction of sp³-hybridized carbons (Fsp3) is 0.400. The van der Waals surface area contributed by atoms with E-state index in [1.54, 1.807) is 0 Å². The molecule has 0 aliphatic rings. The molecule has 0 aliphatic carbocycles. The van der Waals surface area contributed by atoms with Crippen LogP contribution < -0.4 is 4.90 Å². The van der Waals surface area contributed by atoms with Crippen LogP contribution in [0.5, 0.6) is 0 Å². The summed E-state index contributed by atoms with van der Waals surface area (Å²) < 4.78 is 6.04. The van der Waals surface area contributed by atoms with E-state index in [-0.39, 0.29) is 11.1 Å². The van der Waals surface area contributed by atoms with Gasteiger partial charge in [0.15, 0.2) is 0 Å². The zero-order chi connectivity index (χ0) is 16.1. The summed E-state index contributed by atoms with van der Waals surface area (Å²) in [6.07, 6.45) is 0. The van der Waals surface area contributed by atoms with E-state index in [2.05, 4.69) is 76.8 Å². The lowest BCUT2D eigenvalue weighted by Crippen LogP contribution is -2.53. The molecule has 0 N–H and O–H groups in total. The van der Waals surface area contributed by atoms with Crippen LogP contribution in [-0.2, 0) is 0 Å². The highest BCUT2D eigenvalue weighted by Crippen LogP contribution is 2.41. The normalized spacial score (nSPS) is 13.0. The molecule has 0 amide bonds. The summed E-state index contributed by atoms with van der Waals surface area (Å²) in [5.41, 5.74) is 3.18. The van der Waals surface area contributed by atoms with Crippen LogP contribution in [0.3, 0.4) is 0 Å². The molecule has 1 aromatic heterocycles. The Kier molecular flexibility index (Phi) is 3.24. The molecule has 0 saturated heterocycles. The Morgan fingerprint density at radius 2 is 1.32 bits per heavy atom. The van der Waals surface area contributed by atoms with E-state index < -0.39 is 0 Å². The van der Waals surface area contributed by atoms with Crippen LogP contribution >= 0.6 is 0 Å². The number of nitrogens with zero attached hydrogens (tertiary/aromatic N) is 1. The predicted octanol–water partition coefficient (Wildman–Crippen LogP) is 5.99. The van der Waals surface area contributed by atoms with Crippen LogP contribution in [0.2, 0.25) is 0 Å². The molecule has 0 saturated carbocycles. The van der Waals surface area contributed by atoms with Crippen molar-refractivity contribution in [2.24, 2.45) is 0 Å². The van der Waals surface area contributed by atoms with Gasteiger partial charge in [0, 0.05) is 22.2 Å². The summed E-state index contributed by atoms with van der Waals surface area (Å²) >= 11 is 0. The number of benzene rings is 2. The Balaban J connectivity index is 2.39. The van der Waals surface area contributed by atoms with Gasteiger partial charge in [-0.3, -0.25) is 0 Å². The van der Waals surface area contributed by atoms with Crippen molar-refractivity contribution in [3.63, 3.8) is 0 Å². The van der Waals surface area contributed by atoms with Gasteiger partial charge in [-0.15, -0.1) is 0 Å². The smallest absolute Gasteiger partial charge is 0.137 e. The van der Waals surface area contributed by atoms with E-state index in [1.165, 1.54) is 16.5 Å². The van der Waals surface area contributed by atoms with Gasteiger partial charge < -0.3 is 9.32 Å². The molecule has 116 valence electrons. The Bertz CT molecular complexity index is 801. The average molecular weight is 295 g/mol. The number of hydrogen-bond donors (Lipinski definition) is 0. The Morgan fingerprint density at radius 1 is 0.727 bits per heavy atom. The van der Waals surface area contributed by atoms with E-state index in [9.17, 15) is 0 Å². The van der Waals surface area contributed by atoms with Crippen LogP contribution in [0.15, 0.2) is 46.9 Å². The lowest BCUT2D eigenvalue weighted by atomic mass is 9.93. The molecule has 0 atom stereocenters. The van der Waals surface area contributed by atoms with Gasteiger partial charge in [0.2, 0.25) is 0 Å². The van der Waals surface area contributed by atoms with Gasteiger partial charge in [-0.05, 0) is 59.7 Å². The van der Waals surface area contributed by atoms with Gasteiger partial charge in [0.25, 0.3) is 0 Å². The van der Waals surface area contributed by atoms with Crippen molar-refractivity contribution in [1.82, 2.24) is 0 Å². The van der Waals surface area contributed by atoms with Crippen LogP contribution in [0.1, 0.15) is 41.5 Å². The maximum absolute atomic E-state index is 6.04. The van der Waals surface area contributed by atoms with E-state index >= 15 is 0 Å². The minimum Gasteiger partial charge on any atom is -0.456 e. The minimum atomic E-state index is 0.0188. The van der Waals surface area contributed by atoms with Gasteiger partial charge in [-0.1, -0.05) is 24.3 Å². The highest BCUT2D eigenvalue weighted by atomic mass is 16.3. The summed E-state index contributed by atoms with van der Waals surface area (Å²) in [5, 5.41) is 2.40. The summed E-state index contributed by atoms with van der Waals surface area (Å²) in [6.45, 7) is 13.6. The van der Waals surface area contributed by atoms with E-state index in [0.717, 1.165) is 11.2 Å². The SMILES string of the molecule is CC(C)(C)N(c1cccc2oc3ccccc3c12)C(C)(C)C. The maximum Gasteiger partial charge on any atom is 0.137 e. The fourth-order valence-corrected chi connectivity index (χ4v) is 3.67. The number of anilines is 1. The van der Waals surface area contributed by atoms with Gasteiger partial charge >= 0.3 is 0 Å². The zero-order valence-corrected chi connectivity index (χ0v) is 14.4. The minimum absolute atomic E-state index is 0.0188. The molecule has 0 bridgehead atoms. The molecule has 0 fully saturated rings. The van der Waals surface area contributed by atoms with Gasteiger partial charge in [-0.2, -0.15) is 0 Å². The van der Waals surface area contributed by atoms with Crippen molar-refractivity contribution in [3.8, 4) is 0 Å². The second-order valence-corrected chi connectivity index (χ2v) is 7.93. The molecule has 2 heteroatoms. The van der Waals surface area contributed by atoms with Crippen LogP contribution in [0.4, 0.5) is 5.69 Å². The standard InChI is InChI=1S/C20H25NO/c1-19(2,3)21(20(4,5)6)15-11-9-13-17-18(15)14-10-7-8-12-16(14)22-17/h7-13H,1-6H3. The molecule has 0 aliphatic heterocycles. The predicted molar refractivity (Wildman–Crippen MR) is 95.7 cm³/mol. The van der Waals surface area contributed by atoms with Crippen molar-refractivity contribution >= 4 is 27.6 Å². The molecule has 2 aromatic carbocycles. The topological polar surface area (TPSA) is 16.4 Å². The molecular formula is C20H25NO. The summed E-state index contributed by atoms with van der Waals surface area (Å²) in [7, 11) is 0. The average Bonchev–Trinajstić information content (AvgIpc) is 2.74. The Labute approximate surface area is 132 Å². The molecule has 2 nitrogen and oxygen atoms in total. The Hall–Kier alpha value is -1.96.